The van der Waals surface area contributed by atoms with Crippen LogP contribution in [-0.2, 0) is 11.2 Å². The molecule has 0 atom stereocenters. The standard InChI is InChI=1S/C17H26N4O3/c1-4-19(11-10-18(2)3)13-17(22)20-9-5-6-14-7-8-15(21(23)24)12-16(14)20/h7-8,12H,4-6,9-11,13H2,1-3H3/p+1. The topological polar surface area (TPSA) is 71.1 Å². The molecule has 1 amide bonds. The molecule has 7 nitrogen and oxygen atoms in total. The van der Waals surface area contributed by atoms with Crippen LogP contribution in [0.2, 0.25) is 0 Å². The monoisotopic (exact) mass is 335 g/mol. The van der Waals surface area contributed by atoms with E-state index in [1.54, 1.807) is 11.0 Å². The van der Waals surface area contributed by atoms with E-state index < -0.39 is 4.92 Å². The lowest BCUT2D eigenvalue weighted by molar-refractivity contribution is -0.857. The second kappa shape index (κ2) is 8.21. The largest absolute Gasteiger partial charge is 0.339 e. The van der Waals surface area contributed by atoms with Crippen molar-refractivity contribution in [3.8, 4) is 0 Å². The predicted octanol–water partition coefficient (Wildman–Crippen LogP) is 0.340. The van der Waals surface area contributed by atoms with Crippen LogP contribution in [0.5, 0.6) is 0 Å². The number of nitro benzene ring substituents is 1. The van der Waals surface area contributed by atoms with Gasteiger partial charge in [-0.15, -0.1) is 0 Å². The van der Waals surface area contributed by atoms with Crippen LogP contribution in [0.1, 0.15) is 18.9 Å². The van der Waals surface area contributed by atoms with Crippen molar-refractivity contribution in [2.24, 2.45) is 0 Å². The number of hydrogen-bond donors (Lipinski definition) is 1. The normalized spacial score (nSPS) is 14.1. The first kappa shape index (κ1) is 18.4. The van der Waals surface area contributed by atoms with Gasteiger partial charge in [0, 0.05) is 25.2 Å². The summed E-state index contributed by atoms with van der Waals surface area (Å²) in [5.41, 5.74) is 1.76. The maximum Gasteiger partial charge on any atom is 0.271 e. The average molecular weight is 335 g/mol. The first-order valence-electron chi connectivity index (χ1n) is 8.51. The van der Waals surface area contributed by atoms with E-state index in [4.69, 9.17) is 0 Å². The summed E-state index contributed by atoms with van der Waals surface area (Å²) in [7, 11) is 4.19. The number of quaternary nitrogens is 1. The van der Waals surface area contributed by atoms with Crippen LogP contribution in [0, 0.1) is 10.1 Å². The highest BCUT2D eigenvalue weighted by molar-refractivity contribution is 5.96. The van der Waals surface area contributed by atoms with Gasteiger partial charge in [0.25, 0.3) is 5.69 Å². The van der Waals surface area contributed by atoms with Gasteiger partial charge in [-0.05, 0) is 24.9 Å². The zero-order valence-corrected chi connectivity index (χ0v) is 14.7. The van der Waals surface area contributed by atoms with Gasteiger partial charge in [0.05, 0.1) is 37.8 Å². The summed E-state index contributed by atoms with van der Waals surface area (Å²) in [6.07, 6.45) is 1.75. The number of anilines is 1. The first-order chi connectivity index (χ1) is 11.4. The van der Waals surface area contributed by atoms with Crippen molar-refractivity contribution >= 4 is 17.3 Å². The molecule has 1 aromatic rings. The summed E-state index contributed by atoms with van der Waals surface area (Å²) in [4.78, 5) is 28.6. The van der Waals surface area contributed by atoms with Crippen molar-refractivity contribution in [1.82, 2.24) is 4.90 Å². The number of non-ortho nitro benzene ring substituents is 1. The number of amides is 1. The molecule has 132 valence electrons. The molecule has 0 aromatic heterocycles. The van der Waals surface area contributed by atoms with Crippen molar-refractivity contribution in [2.75, 3.05) is 51.7 Å². The molecule has 0 radical (unpaired) electrons. The van der Waals surface area contributed by atoms with Crippen LogP contribution in [0.25, 0.3) is 0 Å². The molecule has 1 aliphatic rings. The van der Waals surface area contributed by atoms with Gasteiger partial charge in [-0.1, -0.05) is 13.0 Å². The lowest BCUT2D eigenvalue weighted by Crippen LogP contribution is -3.06. The molecule has 7 heteroatoms. The Hall–Kier alpha value is -1.99. The molecular formula is C17H27N4O3+. The van der Waals surface area contributed by atoms with E-state index in [1.165, 1.54) is 17.0 Å². The van der Waals surface area contributed by atoms with Gasteiger partial charge in [-0.3, -0.25) is 19.8 Å². The summed E-state index contributed by atoms with van der Waals surface area (Å²) < 4.78 is 0. The van der Waals surface area contributed by atoms with Crippen molar-refractivity contribution in [1.29, 1.82) is 0 Å². The molecule has 1 aliphatic heterocycles. The Morgan fingerprint density at radius 1 is 1.42 bits per heavy atom. The maximum absolute atomic E-state index is 12.8. The minimum Gasteiger partial charge on any atom is -0.339 e. The zero-order valence-electron chi connectivity index (χ0n) is 14.7. The second-order valence-corrected chi connectivity index (χ2v) is 6.54. The lowest BCUT2D eigenvalue weighted by Gasteiger charge is -2.31. The molecule has 0 fully saturated rings. The molecule has 1 heterocycles. The van der Waals surface area contributed by atoms with E-state index in [0.717, 1.165) is 38.0 Å². The number of nitro groups is 1. The van der Waals surface area contributed by atoms with E-state index in [2.05, 4.69) is 19.0 Å². The Kier molecular flexibility index (Phi) is 6.28. The number of nitrogens with zero attached hydrogens (tertiary/aromatic N) is 3. The number of rotatable bonds is 7. The van der Waals surface area contributed by atoms with Crippen molar-refractivity contribution in [2.45, 2.75) is 19.8 Å². The third-order valence-electron chi connectivity index (χ3n) is 4.43. The van der Waals surface area contributed by atoms with Gasteiger partial charge in [0.2, 0.25) is 5.91 Å². The van der Waals surface area contributed by atoms with Crippen LogP contribution >= 0.6 is 0 Å². The fraction of sp³-hybridized carbons (Fsp3) is 0.588. The zero-order chi connectivity index (χ0) is 17.7. The molecule has 0 unspecified atom stereocenters. The summed E-state index contributed by atoms with van der Waals surface area (Å²) in [6, 6.07) is 4.83. The Balaban J connectivity index is 2.13. The number of carbonyl (C=O) groups excluding carboxylic acids is 1. The van der Waals surface area contributed by atoms with Crippen LogP contribution in [0.4, 0.5) is 11.4 Å². The van der Waals surface area contributed by atoms with Gasteiger partial charge in [0.1, 0.15) is 0 Å². The Bertz CT molecular complexity index is 603. The molecule has 0 saturated carbocycles. The van der Waals surface area contributed by atoms with E-state index in [1.807, 2.05) is 6.92 Å². The smallest absolute Gasteiger partial charge is 0.271 e. The SMILES string of the molecule is CCN(CC[NH+](C)C)CC(=O)N1CCCc2ccc([N+](=O)[O-])cc21. The molecule has 0 bridgehead atoms. The van der Waals surface area contributed by atoms with Crippen LogP contribution < -0.4 is 9.80 Å². The lowest BCUT2D eigenvalue weighted by atomic mass is 10.0. The summed E-state index contributed by atoms with van der Waals surface area (Å²) >= 11 is 0. The maximum atomic E-state index is 12.8. The molecule has 1 aromatic carbocycles. The summed E-state index contributed by atoms with van der Waals surface area (Å²) in [6.45, 7) is 5.68. The van der Waals surface area contributed by atoms with Crippen LogP contribution in [-0.4, -0.2) is 62.5 Å². The number of aryl methyl sites for hydroxylation is 1. The van der Waals surface area contributed by atoms with Crippen molar-refractivity contribution in [3.63, 3.8) is 0 Å². The van der Waals surface area contributed by atoms with E-state index in [9.17, 15) is 14.9 Å². The highest BCUT2D eigenvalue weighted by Gasteiger charge is 2.25. The third kappa shape index (κ3) is 4.52. The third-order valence-corrected chi connectivity index (χ3v) is 4.43. The Morgan fingerprint density at radius 2 is 2.17 bits per heavy atom. The number of nitrogens with one attached hydrogen (secondary N) is 1. The number of fused-ring (bicyclic) bond motifs is 1. The molecule has 0 spiro atoms. The molecule has 0 saturated heterocycles. The minimum absolute atomic E-state index is 0.0204. The number of benzene rings is 1. The van der Waals surface area contributed by atoms with Gasteiger partial charge < -0.3 is 9.80 Å². The van der Waals surface area contributed by atoms with Crippen molar-refractivity contribution < 1.29 is 14.6 Å². The second-order valence-electron chi connectivity index (χ2n) is 6.54. The predicted molar refractivity (Wildman–Crippen MR) is 93.6 cm³/mol. The fourth-order valence-electron chi connectivity index (χ4n) is 2.94. The summed E-state index contributed by atoms with van der Waals surface area (Å²) in [5.74, 6) is 0.0204. The minimum atomic E-state index is -0.407. The van der Waals surface area contributed by atoms with Gasteiger partial charge in [-0.25, -0.2) is 0 Å². The quantitative estimate of drug-likeness (QED) is 0.576. The average Bonchev–Trinajstić information content (AvgIpc) is 2.57. The molecular weight excluding hydrogens is 308 g/mol. The van der Waals surface area contributed by atoms with E-state index in [0.29, 0.717) is 18.8 Å². The molecule has 0 aliphatic carbocycles. The van der Waals surface area contributed by atoms with E-state index in [-0.39, 0.29) is 11.6 Å². The van der Waals surface area contributed by atoms with Gasteiger partial charge >= 0.3 is 0 Å². The fourth-order valence-corrected chi connectivity index (χ4v) is 2.94. The number of carbonyl (C=O) groups is 1. The molecule has 1 N–H and O–H groups in total. The van der Waals surface area contributed by atoms with Crippen LogP contribution in [0.3, 0.4) is 0 Å². The number of hydrogen-bond acceptors (Lipinski definition) is 4. The first-order valence-corrected chi connectivity index (χ1v) is 8.51. The highest BCUT2D eigenvalue weighted by Crippen LogP contribution is 2.31. The number of likely N-dealkylation sites (N-methyl/N-ethyl adjacent to an activating group) is 2. The Labute approximate surface area is 143 Å². The van der Waals surface area contributed by atoms with Gasteiger partial charge in [0.15, 0.2) is 0 Å². The Morgan fingerprint density at radius 3 is 2.79 bits per heavy atom. The van der Waals surface area contributed by atoms with E-state index >= 15 is 0 Å². The molecule has 2 rings (SSSR count). The van der Waals surface area contributed by atoms with Gasteiger partial charge in [-0.2, -0.15) is 0 Å². The van der Waals surface area contributed by atoms with Crippen LogP contribution in [0.15, 0.2) is 18.2 Å². The summed E-state index contributed by atoms with van der Waals surface area (Å²) in [5, 5.41) is 11.0. The van der Waals surface area contributed by atoms with Crippen molar-refractivity contribution in [3.05, 3.63) is 33.9 Å². The highest BCUT2D eigenvalue weighted by atomic mass is 16.6. The molecule has 24 heavy (non-hydrogen) atoms.